The first-order valence-corrected chi connectivity index (χ1v) is 6.73. The number of rotatable bonds is 4. The fraction of sp³-hybridized carbons (Fsp3) is 0.909. The molecule has 2 nitrogen and oxygen atoms in total. The van der Waals surface area contributed by atoms with Crippen LogP contribution in [0.1, 0.15) is 44.9 Å². The van der Waals surface area contributed by atoms with Crippen LogP contribution in [0.5, 0.6) is 0 Å². The molecule has 80 valence electrons. The van der Waals surface area contributed by atoms with Crippen molar-refractivity contribution in [2.45, 2.75) is 50.5 Å². The smallest absolute Gasteiger partial charge is 0.220 e. The zero-order valence-electron chi connectivity index (χ0n) is 8.52. The quantitative estimate of drug-likeness (QED) is 0.773. The molecule has 0 spiro atoms. The van der Waals surface area contributed by atoms with Crippen molar-refractivity contribution >= 4 is 21.8 Å². The number of hydrogen-bond donors (Lipinski definition) is 1. The monoisotopic (exact) mass is 259 g/mol. The maximum absolute atomic E-state index is 11.7. The highest BCUT2D eigenvalue weighted by molar-refractivity contribution is 9.09. The molecule has 0 radical (unpaired) electrons. The van der Waals surface area contributed by atoms with E-state index in [0.29, 0.717) is 5.92 Å². The largest absolute Gasteiger partial charge is 0.350 e. The number of carbonyl (C=O) groups is 1. The molecule has 0 saturated heterocycles. The third kappa shape index (κ3) is 2.50. The second-order valence-corrected chi connectivity index (χ2v) is 5.38. The third-order valence-corrected chi connectivity index (χ3v) is 4.47. The Morgan fingerprint density at radius 2 is 2.00 bits per heavy atom. The Morgan fingerprint density at radius 3 is 2.50 bits per heavy atom. The normalized spacial score (nSPS) is 24.9. The van der Waals surface area contributed by atoms with Crippen molar-refractivity contribution in [3.63, 3.8) is 0 Å². The molecule has 2 aliphatic carbocycles. The summed E-state index contributed by atoms with van der Waals surface area (Å²) in [6.07, 6.45) is 8.09. The van der Waals surface area contributed by atoms with Crippen molar-refractivity contribution < 1.29 is 4.79 Å². The van der Waals surface area contributed by atoms with Gasteiger partial charge in [0.1, 0.15) is 0 Å². The Hall–Kier alpha value is -0.0500. The van der Waals surface area contributed by atoms with Gasteiger partial charge in [0.05, 0.1) is 0 Å². The number of carbonyl (C=O) groups excluding carboxylic acids is 1. The topological polar surface area (TPSA) is 29.1 Å². The zero-order chi connectivity index (χ0) is 10.0. The van der Waals surface area contributed by atoms with Gasteiger partial charge in [-0.1, -0.05) is 28.8 Å². The molecule has 0 atom stereocenters. The molecule has 2 saturated carbocycles. The molecule has 0 unspecified atom stereocenters. The lowest BCUT2D eigenvalue weighted by molar-refractivity contribution is -0.123. The highest BCUT2D eigenvalue weighted by atomic mass is 79.9. The average molecular weight is 260 g/mol. The second kappa shape index (κ2) is 4.21. The van der Waals surface area contributed by atoms with Crippen LogP contribution in [0.15, 0.2) is 0 Å². The molecule has 1 N–H and O–H groups in total. The van der Waals surface area contributed by atoms with E-state index in [4.69, 9.17) is 0 Å². The van der Waals surface area contributed by atoms with Crippen LogP contribution >= 0.6 is 15.9 Å². The molecule has 2 fully saturated rings. The fourth-order valence-electron chi connectivity index (χ4n) is 2.27. The minimum Gasteiger partial charge on any atom is -0.350 e. The van der Waals surface area contributed by atoms with Gasteiger partial charge in [0.15, 0.2) is 0 Å². The van der Waals surface area contributed by atoms with Gasteiger partial charge in [-0.15, -0.1) is 0 Å². The molecular formula is C11H18BrNO. The molecule has 0 aromatic heterocycles. The van der Waals surface area contributed by atoms with Crippen LogP contribution in [0.3, 0.4) is 0 Å². The summed E-state index contributed by atoms with van der Waals surface area (Å²) in [6, 6.07) is 0. The van der Waals surface area contributed by atoms with Crippen molar-refractivity contribution in [3.05, 3.63) is 0 Å². The fourth-order valence-corrected chi connectivity index (χ4v) is 2.98. The first-order chi connectivity index (χ1) is 6.74. The van der Waals surface area contributed by atoms with Gasteiger partial charge >= 0.3 is 0 Å². The van der Waals surface area contributed by atoms with Gasteiger partial charge in [0.25, 0.3) is 0 Å². The summed E-state index contributed by atoms with van der Waals surface area (Å²) in [4.78, 5) is 11.7. The number of nitrogens with one attached hydrogen (secondary N) is 1. The predicted octanol–water partition coefficient (Wildman–Crippen LogP) is 2.61. The average Bonchev–Trinajstić information content (AvgIpc) is 2.83. The first kappa shape index (κ1) is 10.5. The van der Waals surface area contributed by atoms with E-state index in [1.807, 2.05) is 0 Å². The van der Waals surface area contributed by atoms with Crippen molar-refractivity contribution in [3.8, 4) is 0 Å². The van der Waals surface area contributed by atoms with E-state index in [-0.39, 0.29) is 11.4 Å². The molecule has 1 amide bonds. The number of alkyl halides is 1. The van der Waals surface area contributed by atoms with Gasteiger partial charge in [-0.3, -0.25) is 4.79 Å². The Labute approximate surface area is 94.0 Å². The van der Waals surface area contributed by atoms with Crippen LogP contribution in [0.4, 0.5) is 0 Å². The van der Waals surface area contributed by atoms with E-state index in [1.54, 1.807) is 0 Å². The summed E-state index contributed by atoms with van der Waals surface area (Å²) in [7, 11) is 0. The van der Waals surface area contributed by atoms with E-state index in [2.05, 4.69) is 21.2 Å². The SMILES string of the molecule is O=C(CC1CC1)NC1(CBr)CCCC1. The van der Waals surface area contributed by atoms with Crippen LogP contribution in [-0.4, -0.2) is 16.8 Å². The Balaban J connectivity index is 1.83. The van der Waals surface area contributed by atoms with Crippen LogP contribution in [0.25, 0.3) is 0 Å². The van der Waals surface area contributed by atoms with Crippen LogP contribution in [0.2, 0.25) is 0 Å². The van der Waals surface area contributed by atoms with E-state index < -0.39 is 0 Å². The van der Waals surface area contributed by atoms with E-state index in [9.17, 15) is 4.79 Å². The summed E-state index contributed by atoms with van der Waals surface area (Å²) < 4.78 is 0. The zero-order valence-corrected chi connectivity index (χ0v) is 10.1. The lowest BCUT2D eigenvalue weighted by Gasteiger charge is -2.28. The minimum absolute atomic E-state index is 0.0893. The molecule has 0 aliphatic heterocycles. The lowest BCUT2D eigenvalue weighted by atomic mass is 10.0. The summed E-state index contributed by atoms with van der Waals surface area (Å²) >= 11 is 3.53. The molecular weight excluding hydrogens is 242 g/mol. The standard InChI is InChI=1S/C11H18BrNO/c12-8-11(5-1-2-6-11)13-10(14)7-9-3-4-9/h9H,1-8H2,(H,13,14). The Kier molecular flexibility index (Phi) is 3.15. The van der Waals surface area contributed by atoms with Crippen LogP contribution in [-0.2, 0) is 4.79 Å². The van der Waals surface area contributed by atoms with Crippen LogP contribution < -0.4 is 5.32 Å². The number of hydrogen-bond acceptors (Lipinski definition) is 1. The molecule has 0 aromatic rings. The van der Waals surface area contributed by atoms with Gasteiger partial charge < -0.3 is 5.32 Å². The molecule has 3 heteroatoms. The first-order valence-electron chi connectivity index (χ1n) is 5.61. The van der Waals surface area contributed by atoms with Crippen molar-refractivity contribution in [2.24, 2.45) is 5.92 Å². The molecule has 14 heavy (non-hydrogen) atoms. The van der Waals surface area contributed by atoms with Gasteiger partial charge in [-0.25, -0.2) is 0 Å². The van der Waals surface area contributed by atoms with Crippen molar-refractivity contribution in [1.29, 1.82) is 0 Å². The van der Waals surface area contributed by atoms with Crippen LogP contribution in [0, 0.1) is 5.92 Å². The Morgan fingerprint density at radius 1 is 1.36 bits per heavy atom. The summed E-state index contributed by atoms with van der Waals surface area (Å²) in [5.41, 5.74) is 0.0893. The highest BCUT2D eigenvalue weighted by Crippen LogP contribution is 2.34. The number of halogens is 1. The molecule has 0 bridgehead atoms. The summed E-state index contributed by atoms with van der Waals surface area (Å²) in [6.45, 7) is 0. The van der Waals surface area contributed by atoms with E-state index in [1.165, 1.54) is 25.7 Å². The van der Waals surface area contributed by atoms with Gasteiger partial charge in [-0.05, 0) is 31.6 Å². The highest BCUT2D eigenvalue weighted by Gasteiger charge is 2.35. The second-order valence-electron chi connectivity index (χ2n) is 4.82. The third-order valence-electron chi connectivity index (χ3n) is 3.39. The van der Waals surface area contributed by atoms with Gasteiger partial charge in [-0.2, -0.15) is 0 Å². The molecule has 0 heterocycles. The Bertz CT molecular complexity index is 219. The van der Waals surface area contributed by atoms with E-state index in [0.717, 1.165) is 24.6 Å². The van der Waals surface area contributed by atoms with Crippen molar-refractivity contribution in [1.82, 2.24) is 5.32 Å². The van der Waals surface area contributed by atoms with E-state index >= 15 is 0 Å². The molecule has 0 aromatic carbocycles. The van der Waals surface area contributed by atoms with Gasteiger partial charge in [0.2, 0.25) is 5.91 Å². The maximum atomic E-state index is 11.7. The van der Waals surface area contributed by atoms with Crippen molar-refractivity contribution in [2.75, 3.05) is 5.33 Å². The summed E-state index contributed by atoms with van der Waals surface area (Å²) in [5.74, 6) is 0.970. The maximum Gasteiger partial charge on any atom is 0.220 e. The molecule has 2 rings (SSSR count). The summed E-state index contributed by atoms with van der Waals surface area (Å²) in [5, 5.41) is 4.14. The molecule has 2 aliphatic rings. The number of amides is 1. The predicted molar refractivity (Wildman–Crippen MR) is 60.5 cm³/mol. The lowest BCUT2D eigenvalue weighted by Crippen LogP contribution is -2.47. The minimum atomic E-state index is 0.0893. The van der Waals surface area contributed by atoms with Gasteiger partial charge in [0, 0.05) is 17.3 Å².